The Morgan fingerprint density at radius 1 is 0.923 bits per heavy atom. The van der Waals surface area contributed by atoms with Crippen LogP contribution in [0, 0.1) is 0 Å². The van der Waals surface area contributed by atoms with E-state index in [1.807, 2.05) is 32.9 Å². The molecular formula is C20H33NO4S. The number of carbonyl (C=O) groups is 1. The lowest BCUT2D eigenvalue weighted by atomic mass is 10.0. The first-order valence-electron chi connectivity index (χ1n) is 9.41. The molecule has 0 heterocycles. The summed E-state index contributed by atoms with van der Waals surface area (Å²) >= 11 is 0. The maximum Gasteiger partial charge on any atom is 0.306 e. The highest BCUT2D eigenvalue weighted by atomic mass is 32.2. The Balaban J connectivity index is 2.04. The van der Waals surface area contributed by atoms with E-state index in [0.29, 0.717) is 6.42 Å². The van der Waals surface area contributed by atoms with Crippen LogP contribution in [0.3, 0.4) is 0 Å². The average Bonchev–Trinajstić information content (AvgIpc) is 2.51. The van der Waals surface area contributed by atoms with Crippen LogP contribution in [-0.2, 0) is 26.0 Å². The zero-order chi connectivity index (χ0) is 19.6. The maximum absolute atomic E-state index is 11.6. The van der Waals surface area contributed by atoms with E-state index in [9.17, 15) is 13.2 Å². The highest BCUT2D eigenvalue weighted by Gasteiger charge is 2.15. The molecule has 0 radical (unpaired) electrons. The van der Waals surface area contributed by atoms with Gasteiger partial charge in [0.1, 0.15) is 5.60 Å². The van der Waals surface area contributed by atoms with Crippen LogP contribution < -0.4 is 5.14 Å². The zero-order valence-corrected chi connectivity index (χ0v) is 17.1. The highest BCUT2D eigenvalue weighted by molar-refractivity contribution is 7.89. The number of sulfonamides is 1. The van der Waals surface area contributed by atoms with Crippen molar-refractivity contribution < 1.29 is 17.9 Å². The average molecular weight is 384 g/mol. The first-order chi connectivity index (χ1) is 12.1. The standard InChI is InChI=1S/C20H33NO4S/c1-20(2,3)25-19(22)12-10-8-6-4-5-7-9-11-17-13-15-18(16-14-17)26(21,23)24/h13-16H,4-12H2,1-3H3,(H2,21,23,24). The van der Waals surface area contributed by atoms with Crippen LogP contribution in [-0.4, -0.2) is 20.0 Å². The van der Waals surface area contributed by atoms with Crippen LogP contribution in [0.5, 0.6) is 0 Å². The molecule has 1 rings (SSSR count). The van der Waals surface area contributed by atoms with Gasteiger partial charge < -0.3 is 4.74 Å². The number of rotatable bonds is 11. The number of hydrogen-bond acceptors (Lipinski definition) is 4. The van der Waals surface area contributed by atoms with Crippen LogP contribution in [0.25, 0.3) is 0 Å². The number of carbonyl (C=O) groups excluding carboxylic acids is 1. The number of primary sulfonamides is 1. The van der Waals surface area contributed by atoms with Gasteiger partial charge in [0.2, 0.25) is 10.0 Å². The van der Waals surface area contributed by atoms with Gasteiger partial charge >= 0.3 is 5.97 Å². The van der Waals surface area contributed by atoms with Gasteiger partial charge in [-0.1, -0.05) is 44.2 Å². The van der Waals surface area contributed by atoms with Gasteiger partial charge in [0.25, 0.3) is 0 Å². The fraction of sp³-hybridized carbons (Fsp3) is 0.650. The van der Waals surface area contributed by atoms with Crippen molar-refractivity contribution in [2.75, 3.05) is 0 Å². The van der Waals surface area contributed by atoms with Gasteiger partial charge in [0.05, 0.1) is 4.90 Å². The fourth-order valence-corrected chi connectivity index (χ4v) is 3.24. The van der Waals surface area contributed by atoms with E-state index in [2.05, 4.69) is 0 Å². The predicted molar refractivity (Wildman–Crippen MR) is 104 cm³/mol. The van der Waals surface area contributed by atoms with E-state index < -0.39 is 15.6 Å². The molecule has 0 bridgehead atoms. The first kappa shape index (κ1) is 22.6. The molecule has 0 aliphatic heterocycles. The molecule has 0 atom stereocenters. The molecule has 0 aromatic heterocycles. The van der Waals surface area contributed by atoms with E-state index >= 15 is 0 Å². The third kappa shape index (κ3) is 10.6. The van der Waals surface area contributed by atoms with Gasteiger partial charge in [0.15, 0.2) is 0 Å². The van der Waals surface area contributed by atoms with Crippen LogP contribution in [0.4, 0.5) is 0 Å². The summed E-state index contributed by atoms with van der Waals surface area (Å²) in [6.07, 6.45) is 9.16. The molecule has 0 aliphatic carbocycles. The lowest BCUT2D eigenvalue weighted by Gasteiger charge is -2.19. The number of hydrogen-bond donors (Lipinski definition) is 1. The first-order valence-corrected chi connectivity index (χ1v) is 11.0. The normalized spacial score (nSPS) is 12.2. The molecule has 1 aromatic rings. The lowest BCUT2D eigenvalue weighted by Crippen LogP contribution is -2.23. The van der Waals surface area contributed by atoms with Crippen molar-refractivity contribution >= 4 is 16.0 Å². The lowest BCUT2D eigenvalue weighted by molar-refractivity contribution is -0.154. The monoisotopic (exact) mass is 383 g/mol. The minimum absolute atomic E-state index is 0.106. The summed E-state index contributed by atoms with van der Waals surface area (Å²) < 4.78 is 27.7. The SMILES string of the molecule is CC(C)(C)OC(=O)CCCCCCCCCc1ccc(S(N)(=O)=O)cc1. The van der Waals surface area contributed by atoms with Gasteiger partial charge in [-0.2, -0.15) is 0 Å². The van der Waals surface area contributed by atoms with Gasteiger partial charge in [-0.3, -0.25) is 4.79 Å². The van der Waals surface area contributed by atoms with Crippen LogP contribution >= 0.6 is 0 Å². The molecule has 6 heteroatoms. The zero-order valence-electron chi connectivity index (χ0n) is 16.3. The second-order valence-corrected chi connectivity index (χ2v) is 9.31. The predicted octanol–water partition coefficient (Wildman–Crippen LogP) is 4.34. The highest BCUT2D eigenvalue weighted by Crippen LogP contribution is 2.14. The topological polar surface area (TPSA) is 86.5 Å². The summed E-state index contributed by atoms with van der Waals surface area (Å²) in [4.78, 5) is 11.7. The van der Waals surface area contributed by atoms with Gasteiger partial charge in [-0.05, 0) is 57.7 Å². The molecule has 0 unspecified atom stereocenters. The number of benzene rings is 1. The number of aryl methyl sites for hydroxylation is 1. The van der Waals surface area contributed by atoms with Crippen LogP contribution in [0.2, 0.25) is 0 Å². The van der Waals surface area contributed by atoms with Gasteiger partial charge in [0, 0.05) is 6.42 Å². The largest absolute Gasteiger partial charge is 0.460 e. The molecule has 5 nitrogen and oxygen atoms in total. The second-order valence-electron chi connectivity index (χ2n) is 7.75. The summed E-state index contributed by atoms with van der Waals surface area (Å²) in [6, 6.07) is 6.79. The summed E-state index contributed by atoms with van der Waals surface area (Å²) in [5.41, 5.74) is 0.741. The molecule has 0 fully saturated rings. The summed E-state index contributed by atoms with van der Waals surface area (Å²) in [5, 5.41) is 5.09. The van der Waals surface area contributed by atoms with Crippen molar-refractivity contribution in [2.45, 2.75) is 89.1 Å². The molecule has 2 N–H and O–H groups in total. The Labute approximate surface area is 158 Å². The molecule has 1 aromatic carbocycles. The van der Waals surface area contributed by atoms with E-state index in [-0.39, 0.29) is 10.9 Å². The van der Waals surface area contributed by atoms with Crippen molar-refractivity contribution in [3.05, 3.63) is 29.8 Å². The Bertz CT molecular complexity index is 645. The Hall–Kier alpha value is -1.40. The minimum Gasteiger partial charge on any atom is -0.460 e. The van der Waals surface area contributed by atoms with E-state index in [1.165, 1.54) is 12.8 Å². The van der Waals surface area contributed by atoms with Gasteiger partial charge in [-0.15, -0.1) is 0 Å². The van der Waals surface area contributed by atoms with Crippen molar-refractivity contribution in [2.24, 2.45) is 5.14 Å². The number of unbranched alkanes of at least 4 members (excludes halogenated alkanes) is 6. The van der Waals surface area contributed by atoms with Crippen molar-refractivity contribution in [1.82, 2.24) is 0 Å². The fourth-order valence-electron chi connectivity index (χ4n) is 2.72. The molecule has 0 saturated carbocycles. The van der Waals surface area contributed by atoms with Crippen molar-refractivity contribution in [1.29, 1.82) is 0 Å². The minimum atomic E-state index is -3.60. The van der Waals surface area contributed by atoms with Gasteiger partial charge in [-0.25, -0.2) is 13.6 Å². The number of ether oxygens (including phenoxy) is 1. The van der Waals surface area contributed by atoms with E-state index in [1.54, 1.807) is 12.1 Å². The molecule has 148 valence electrons. The van der Waals surface area contributed by atoms with Crippen molar-refractivity contribution in [3.8, 4) is 0 Å². The quantitative estimate of drug-likeness (QED) is 0.455. The van der Waals surface area contributed by atoms with Crippen LogP contribution in [0.15, 0.2) is 29.2 Å². The second kappa shape index (κ2) is 10.7. The molecular weight excluding hydrogens is 350 g/mol. The number of esters is 1. The smallest absolute Gasteiger partial charge is 0.306 e. The van der Waals surface area contributed by atoms with E-state index in [0.717, 1.165) is 44.1 Å². The Morgan fingerprint density at radius 2 is 1.42 bits per heavy atom. The summed E-state index contributed by atoms with van der Waals surface area (Å²) in [7, 11) is -3.60. The van der Waals surface area contributed by atoms with Crippen molar-refractivity contribution in [3.63, 3.8) is 0 Å². The summed E-state index contributed by atoms with van der Waals surface area (Å²) in [5.74, 6) is -0.106. The molecule has 0 amide bonds. The maximum atomic E-state index is 11.6. The molecule has 0 spiro atoms. The summed E-state index contributed by atoms with van der Waals surface area (Å²) in [6.45, 7) is 5.66. The molecule has 0 aliphatic rings. The number of nitrogens with two attached hydrogens (primary N) is 1. The third-order valence-electron chi connectivity index (χ3n) is 4.02. The molecule has 0 saturated heterocycles. The van der Waals surface area contributed by atoms with Crippen LogP contribution in [0.1, 0.15) is 77.7 Å². The Kier molecular flexibility index (Phi) is 9.30. The molecule has 26 heavy (non-hydrogen) atoms. The van der Waals surface area contributed by atoms with E-state index in [4.69, 9.17) is 9.88 Å². The third-order valence-corrected chi connectivity index (χ3v) is 4.95. The Morgan fingerprint density at radius 3 is 1.92 bits per heavy atom.